The van der Waals surface area contributed by atoms with Gasteiger partial charge in [0.2, 0.25) is 0 Å². The van der Waals surface area contributed by atoms with Gasteiger partial charge in [-0.25, -0.2) is 9.59 Å². The maximum absolute atomic E-state index is 13.5. The molecule has 0 radical (unpaired) electrons. The number of urea groups is 1. The van der Waals surface area contributed by atoms with Crippen LogP contribution in [0.1, 0.15) is 73.7 Å². The number of fused-ring (bicyclic) bond motifs is 1. The van der Waals surface area contributed by atoms with E-state index in [1.807, 2.05) is 0 Å². The van der Waals surface area contributed by atoms with Crippen LogP contribution in [0.3, 0.4) is 0 Å². The lowest BCUT2D eigenvalue weighted by atomic mass is 9.80. The number of halogens is 3. The third-order valence-corrected chi connectivity index (χ3v) is 9.11. The van der Waals surface area contributed by atoms with Gasteiger partial charge in [-0.15, -0.1) is 0 Å². The van der Waals surface area contributed by atoms with Gasteiger partial charge in [-0.1, -0.05) is 84.9 Å². The molecule has 0 bridgehead atoms. The van der Waals surface area contributed by atoms with Crippen molar-refractivity contribution in [3.05, 3.63) is 107 Å². The van der Waals surface area contributed by atoms with Crippen LogP contribution in [0.2, 0.25) is 0 Å². The van der Waals surface area contributed by atoms with Gasteiger partial charge in [-0.05, 0) is 75.5 Å². The first kappa shape index (κ1) is 31.6. The number of carbonyl (C=O) groups excluding carboxylic acids is 2. The average Bonchev–Trinajstić information content (AvgIpc) is 3.44. The first-order valence-corrected chi connectivity index (χ1v) is 15.5. The van der Waals surface area contributed by atoms with Crippen LogP contribution in [0.4, 0.5) is 18.0 Å². The summed E-state index contributed by atoms with van der Waals surface area (Å²) in [6, 6.07) is 23.9. The van der Waals surface area contributed by atoms with Crippen molar-refractivity contribution in [2.45, 2.75) is 81.8 Å². The van der Waals surface area contributed by atoms with Crippen LogP contribution in [0.5, 0.6) is 0 Å². The summed E-state index contributed by atoms with van der Waals surface area (Å²) in [6.45, 7) is 2.51. The Morgan fingerprint density at radius 3 is 2.05 bits per heavy atom. The van der Waals surface area contributed by atoms with Crippen molar-refractivity contribution >= 4 is 12.0 Å². The third-order valence-electron chi connectivity index (χ3n) is 9.11. The van der Waals surface area contributed by atoms with Crippen LogP contribution >= 0.6 is 0 Å². The first-order valence-electron chi connectivity index (χ1n) is 15.5. The molecule has 0 aromatic heterocycles. The van der Waals surface area contributed by atoms with Gasteiger partial charge >= 0.3 is 18.2 Å². The Morgan fingerprint density at radius 2 is 1.43 bits per heavy atom. The van der Waals surface area contributed by atoms with Gasteiger partial charge in [0, 0.05) is 23.2 Å². The highest BCUT2D eigenvalue weighted by atomic mass is 19.4. The smallest absolute Gasteiger partial charge is 0.440 e. The van der Waals surface area contributed by atoms with E-state index >= 15 is 0 Å². The predicted octanol–water partition coefficient (Wildman–Crippen LogP) is 6.95. The second kappa shape index (κ2) is 13.8. The molecule has 1 fully saturated rings. The molecular formula is C35H40F3N3O3. The second-order valence-corrected chi connectivity index (χ2v) is 11.9. The van der Waals surface area contributed by atoms with Gasteiger partial charge in [0.25, 0.3) is 0 Å². The summed E-state index contributed by atoms with van der Waals surface area (Å²) in [5.74, 6) is -1.76. The Balaban J connectivity index is 1.19. The SMILES string of the molecule is C[C@@H](NC(=O)NC1CCC(CCN[C@@H]2CCc3ccccc32)CC1)C(OC(=O)C(F)(F)F)(c1ccccc1)c1ccccc1. The number of carbonyl (C=O) groups is 2. The van der Waals surface area contributed by atoms with E-state index < -0.39 is 29.8 Å². The molecule has 3 aromatic carbocycles. The molecule has 0 heterocycles. The standard InChI is InChI=1S/C35H40F3N3O3/c1-24(34(27-11-4-2-5-12-27,28-13-6-3-7-14-28)44-32(42)35(36,37)38)40-33(43)41-29-19-16-25(17-20-29)22-23-39-31-21-18-26-10-8-9-15-30(26)31/h2-15,24-25,29,31,39H,16-23H2,1H3,(H2,40,41,43)/t24-,25?,29?,31-/m1/s1. The summed E-state index contributed by atoms with van der Waals surface area (Å²) in [4.78, 5) is 25.5. The molecule has 2 aliphatic rings. The summed E-state index contributed by atoms with van der Waals surface area (Å²) in [5, 5.41) is 9.54. The number of hydrogen-bond donors (Lipinski definition) is 3. The van der Waals surface area contributed by atoms with E-state index in [4.69, 9.17) is 4.74 Å². The minimum absolute atomic E-state index is 0.0475. The van der Waals surface area contributed by atoms with Gasteiger partial charge in [0.1, 0.15) is 0 Å². The molecule has 2 amide bonds. The van der Waals surface area contributed by atoms with Crippen molar-refractivity contribution in [3.63, 3.8) is 0 Å². The van der Waals surface area contributed by atoms with E-state index in [-0.39, 0.29) is 6.04 Å². The third kappa shape index (κ3) is 7.26. The molecule has 0 unspecified atom stereocenters. The normalized spacial score (nSPS) is 20.8. The summed E-state index contributed by atoms with van der Waals surface area (Å²) in [6.07, 6.45) is 1.74. The molecule has 5 rings (SSSR count). The zero-order chi connectivity index (χ0) is 31.2. The monoisotopic (exact) mass is 607 g/mol. The van der Waals surface area contributed by atoms with Crippen molar-refractivity contribution in [1.29, 1.82) is 0 Å². The molecule has 1 saturated carbocycles. The number of aryl methyl sites for hydroxylation is 1. The average molecular weight is 608 g/mol. The molecule has 0 spiro atoms. The van der Waals surface area contributed by atoms with Crippen LogP contribution in [-0.4, -0.2) is 36.8 Å². The molecule has 3 N–H and O–H groups in total. The van der Waals surface area contributed by atoms with Crippen LogP contribution in [0, 0.1) is 5.92 Å². The maximum atomic E-state index is 13.5. The number of nitrogens with one attached hydrogen (secondary N) is 3. The van der Waals surface area contributed by atoms with Crippen molar-refractivity contribution in [1.82, 2.24) is 16.0 Å². The lowest BCUT2D eigenvalue weighted by Gasteiger charge is -2.40. The van der Waals surface area contributed by atoms with Crippen molar-refractivity contribution in [2.24, 2.45) is 5.92 Å². The summed E-state index contributed by atoms with van der Waals surface area (Å²) < 4.78 is 45.9. The number of amides is 2. The Labute approximate surface area is 256 Å². The Bertz CT molecular complexity index is 1350. The fourth-order valence-electron chi connectivity index (χ4n) is 6.80. The van der Waals surface area contributed by atoms with Crippen LogP contribution in [0.25, 0.3) is 0 Å². The first-order chi connectivity index (χ1) is 21.2. The highest BCUT2D eigenvalue weighted by molar-refractivity contribution is 5.78. The minimum Gasteiger partial charge on any atom is -0.440 e. The zero-order valence-corrected chi connectivity index (χ0v) is 24.9. The number of hydrogen-bond acceptors (Lipinski definition) is 4. The number of benzene rings is 3. The number of esters is 1. The molecule has 44 heavy (non-hydrogen) atoms. The summed E-state index contributed by atoms with van der Waals surface area (Å²) in [7, 11) is 0. The molecule has 2 aliphatic carbocycles. The van der Waals surface area contributed by atoms with Crippen molar-refractivity contribution in [3.8, 4) is 0 Å². The fourth-order valence-corrected chi connectivity index (χ4v) is 6.80. The van der Waals surface area contributed by atoms with Crippen LogP contribution in [0.15, 0.2) is 84.9 Å². The molecule has 234 valence electrons. The van der Waals surface area contributed by atoms with Crippen molar-refractivity contribution < 1.29 is 27.5 Å². The quantitative estimate of drug-likeness (QED) is 0.218. The van der Waals surface area contributed by atoms with Gasteiger partial charge < -0.3 is 20.7 Å². The van der Waals surface area contributed by atoms with E-state index in [0.717, 1.165) is 51.5 Å². The highest BCUT2D eigenvalue weighted by Crippen LogP contribution is 2.39. The van der Waals surface area contributed by atoms with E-state index in [9.17, 15) is 22.8 Å². The number of alkyl halides is 3. The lowest BCUT2D eigenvalue weighted by molar-refractivity contribution is -0.213. The van der Waals surface area contributed by atoms with Crippen LogP contribution in [-0.2, 0) is 21.6 Å². The molecule has 9 heteroatoms. The number of rotatable bonds is 10. The topological polar surface area (TPSA) is 79.5 Å². The van der Waals surface area contributed by atoms with Crippen molar-refractivity contribution in [2.75, 3.05) is 6.54 Å². The van der Waals surface area contributed by atoms with E-state index in [1.165, 1.54) is 11.1 Å². The molecule has 3 aromatic rings. The Hall–Kier alpha value is -3.85. The lowest BCUT2D eigenvalue weighted by Crippen LogP contribution is -2.56. The molecular weight excluding hydrogens is 567 g/mol. The second-order valence-electron chi connectivity index (χ2n) is 11.9. The number of ether oxygens (including phenoxy) is 1. The molecule has 0 saturated heterocycles. The Morgan fingerprint density at radius 1 is 0.841 bits per heavy atom. The summed E-state index contributed by atoms with van der Waals surface area (Å²) >= 11 is 0. The van der Waals surface area contributed by atoms with Gasteiger partial charge in [-0.3, -0.25) is 0 Å². The molecule has 0 aliphatic heterocycles. The predicted molar refractivity (Wildman–Crippen MR) is 163 cm³/mol. The maximum Gasteiger partial charge on any atom is 0.490 e. The highest BCUT2D eigenvalue weighted by Gasteiger charge is 2.51. The van der Waals surface area contributed by atoms with Gasteiger partial charge in [0.15, 0.2) is 5.60 Å². The van der Waals surface area contributed by atoms with E-state index in [2.05, 4.69) is 40.2 Å². The Kier molecular flexibility index (Phi) is 9.93. The summed E-state index contributed by atoms with van der Waals surface area (Å²) in [5.41, 5.74) is 1.56. The van der Waals surface area contributed by atoms with Crippen LogP contribution < -0.4 is 16.0 Å². The minimum atomic E-state index is -5.22. The molecule has 2 atom stereocenters. The molecule has 6 nitrogen and oxygen atoms in total. The zero-order valence-electron chi connectivity index (χ0n) is 24.9. The largest absolute Gasteiger partial charge is 0.490 e. The van der Waals surface area contributed by atoms with Gasteiger partial charge in [0.05, 0.1) is 6.04 Å². The fraction of sp³-hybridized carbons (Fsp3) is 0.429. The van der Waals surface area contributed by atoms with Gasteiger partial charge in [-0.2, -0.15) is 13.2 Å². The van der Waals surface area contributed by atoms with E-state index in [1.54, 1.807) is 67.6 Å². The van der Waals surface area contributed by atoms with E-state index in [0.29, 0.717) is 23.1 Å².